The molecule has 0 aliphatic carbocycles. The van der Waals surface area contributed by atoms with E-state index in [1.807, 2.05) is 6.92 Å². The molecule has 0 spiro atoms. The number of H-pyrrole nitrogens is 1. The van der Waals surface area contributed by atoms with Gasteiger partial charge in [-0.05, 0) is 18.6 Å². The van der Waals surface area contributed by atoms with Crippen molar-refractivity contribution in [2.24, 2.45) is 0 Å². The molecule has 1 aromatic heterocycles. The van der Waals surface area contributed by atoms with Gasteiger partial charge >= 0.3 is 5.76 Å². The van der Waals surface area contributed by atoms with Crippen LogP contribution in [0.5, 0.6) is 0 Å². The minimum atomic E-state index is -0.491. The third-order valence-electron chi connectivity index (χ3n) is 2.46. The molecule has 17 heavy (non-hydrogen) atoms. The van der Waals surface area contributed by atoms with Gasteiger partial charge in [-0.2, -0.15) is 0 Å². The van der Waals surface area contributed by atoms with Gasteiger partial charge in [0.1, 0.15) is 0 Å². The molecule has 5 heteroatoms. The van der Waals surface area contributed by atoms with Crippen LogP contribution in [0.3, 0.4) is 0 Å². The van der Waals surface area contributed by atoms with E-state index in [0.717, 1.165) is 12.8 Å². The Bertz CT molecular complexity index is 583. The van der Waals surface area contributed by atoms with Crippen LogP contribution in [0.15, 0.2) is 27.4 Å². The summed E-state index contributed by atoms with van der Waals surface area (Å²) in [5.74, 6) is -0.515. The lowest BCUT2D eigenvalue weighted by molar-refractivity contribution is -0.116. The van der Waals surface area contributed by atoms with Crippen LogP contribution < -0.4 is 11.1 Å². The molecule has 1 heterocycles. The van der Waals surface area contributed by atoms with Crippen LogP contribution in [0.1, 0.15) is 26.2 Å². The van der Waals surface area contributed by atoms with E-state index in [2.05, 4.69) is 10.3 Å². The lowest BCUT2D eigenvalue weighted by atomic mass is 10.2. The molecule has 0 aliphatic heterocycles. The smallest absolute Gasteiger partial charge is 0.408 e. The van der Waals surface area contributed by atoms with E-state index in [-0.39, 0.29) is 5.91 Å². The van der Waals surface area contributed by atoms with Gasteiger partial charge in [-0.3, -0.25) is 9.78 Å². The Kier molecular flexibility index (Phi) is 3.27. The molecule has 0 saturated carbocycles. The first-order valence-corrected chi connectivity index (χ1v) is 5.62. The lowest BCUT2D eigenvalue weighted by Crippen LogP contribution is -2.10. The van der Waals surface area contributed by atoms with Gasteiger partial charge in [0.25, 0.3) is 0 Å². The van der Waals surface area contributed by atoms with Crippen LogP contribution >= 0.6 is 0 Å². The van der Waals surface area contributed by atoms with Gasteiger partial charge in [0.15, 0.2) is 5.58 Å². The highest BCUT2D eigenvalue weighted by atomic mass is 16.4. The fraction of sp³-hybridized carbons (Fsp3) is 0.333. The van der Waals surface area contributed by atoms with E-state index < -0.39 is 5.76 Å². The minimum Gasteiger partial charge on any atom is -0.408 e. The molecule has 1 amide bonds. The third kappa shape index (κ3) is 2.75. The zero-order valence-electron chi connectivity index (χ0n) is 9.58. The van der Waals surface area contributed by atoms with Gasteiger partial charge in [0.05, 0.1) is 5.52 Å². The van der Waals surface area contributed by atoms with Crippen molar-refractivity contribution in [2.45, 2.75) is 26.2 Å². The fourth-order valence-electron chi connectivity index (χ4n) is 1.58. The Hall–Kier alpha value is -2.04. The number of anilines is 1. The number of rotatable bonds is 4. The third-order valence-corrected chi connectivity index (χ3v) is 2.46. The highest BCUT2D eigenvalue weighted by molar-refractivity contribution is 5.92. The molecule has 2 N–H and O–H groups in total. The maximum absolute atomic E-state index is 11.5. The van der Waals surface area contributed by atoms with Crippen molar-refractivity contribution in [1.29, 1.82) is 0 Å². The van der Waals surface area contributed by atoms with Gasteiger partial charge in [-0.25, -0.2) is 4.79 Å². The van der Waals surface area contributed by atoms with Crippen molar-refractivity contribution in [3.63, 3.8) is 0 Å². The van der Waals surface area contributed by atoms with E-state index in [4.69, 9.17) is 4.42 Å². The summed E-state index contributed by atoms with van der Waals surface area (Å²) in [6, 6.07) is 5.07. The number of nitrogens with one attached hydrogen (secondary N) is 2. The fourth-order valence-corrected chi connectivity index (χ4v) is 1.58. The summed E-state index contributed by atoms with van der Waals surface area (Å²) in [6.45, 7) is 2.04. The molecule has 0 saturated heterocycles. The number of carbonyl (C=O) groups is 1. The summed E-state index contributed by atoms with van der Waals surface area (Å²) in [4.78, 5) is 25.0. The zero-order valence-corrected chi connectivity index (χ0v) is 9.58. The monoisotopic (exact) mass is 234 g/mol. The number of benzene rings is 1. The SMILES string of the molecule is CCCCC(=O)Nc1ccc2[nH]c(=O)oc2c1. The molecule has 90 valence electrons. The second kappa shape index (κ2) is 4.86. The molecule has 1 aromatic carbocycles. The van der Waals surface area contributed by atoms with Crippen molar-refractivity contribution in [3.8, 4) is 0 Å². The first kappa shape index (κ1) is 11.4. The van der Waals surface area contributed by atoms with Crippen LogP contribution in [-0.4, -0.2) is 10.9 Å². The molecule has 0 radical (unpaired) electrons. The minimum absolute atomic E-state index is 0.0240. The maximum atomic E-state index is 11.5. The van der Waals surface area contributed by atoms with E-state index in [1.165, 1.54) is 0 Å². The van der Waals surface area contributed by atoms with Gasteiger partial charge in [0.2, 0.25) is 5.91 Å². The van der Waals surface area contributed by atoms with Crippen molar-refractivity contribution >= 4 is 22.7 Å². The van der Waals surface area contributed by atoms with Crippen molar-refractivity contribution in [1.82, 2.24) is 4.98 Å². The summed E-state index contributed by atoms with van der Waals surface area (Å²) in [5.41, 5.74) is 1.71. The summed E-state index contributed by atoms with van der Waals surface area (Å²) in [5, 5.41) is 2.76. The highest BCUT2D eigenvalue weighted by Gasteiger charge is 2.05. The molecule has 5 nitrogen and oxygen atoms in total. The normalized spacial score (nSPS) is 10.6. The summed E-state index contributed by atoms with van der Waals surface area (Å²) < 4.78 is 4.91. The number of hydrogen-bond acceptors (Lipinski definition) is 3. The zero-order chi connectivity index (χ0) is 12.3. The Labute approximate surface area is 97.8 Å². The second-order valence-electron chi connectivity index (χ2n) is 3.88. The van der Waals surface area contributed by atoms with E-state index in [1.54, 1.807) is 18.2 Å². The Balaban J connectivity index is 2.13. The number of amides is 1. The number of aromatic nitrogens is 1. The first-order chi connectivity index (χ1) is 8.19. The van der Waals surface area contributed by atoms with Crippen LogP contribution in [0.2, 0.25) is 0 Å². The van der Waals surface area contributed by atoms with Crippen LogP contribution in [0.4, 0.5) is 5.69 Å². The molecule has 2 rings (SSSR count). The van der Waals surface area contributed by atoms with E-state index >= 15 is 0 Å². The van der Waals surface area contributed by atoms with Crippen LogP contribution in [0.25, 0.3) is 11.1 Å². The molecular weight excluding hydrogens is 220 g/mol. The molecule has 0 atom stereocenters. The highest BCUT2D eigenvalue weighted by Crippen LogP contribution is 2.16. The molecular formula is C12H14N2O3. The predicted octanol–water partition coefficient (Wildman–Crippen LogP) is 2.25. The van der Waals surface area contributed by atoms with Gasteiger partial charge < -0.3 is 9.73 Å². The largest absolute Gasteiger partial charge is 0.417 e. The van der Waals surface area contributed by atoms with Crippen LogP contribution in [0, 0.1) is 0 Å². The maximum Gasteiger partial charge on any atom is 0.417 e. The second-order valence-corrected chi connectivity index (χ2v) is 3.88. The van der Waals surface area contributed by atoms with Gasteiger partial charge in [-0.15, -0.1) is 0 Å². The van der Waals surface area contributed by atoms with E-state index in [9.17, 15) is 9.59 Å². The number of fused-ring (bicyclic) bond motifs is 1. The van der Waals surface area contributed by atoms with Gasteiger partial charge in [-0.1, -0.05) is 13.3 Å². The Morgan fingerprint density at radius 1 is 1.47 bits per heavy atom. The molecule has 0 fully saturated rings. The van der Waals surface area contributed by atoms with E-state index in [0.29, 0.717) is 23.2 Å². The molecule has 0 bridgehead atoms. The summed E-state index contributed by atoms with van der Waals surface area (Å²) >= 11 is 0. The topological polar surface area (TPSA) is 75.1 Å². The van der Waals surface area contributed by atoms with Crippen molar-refractivity contribution in [2.75, 3.05) is 5.32 Å². The number of aromatic amines is 1. The average molecular weight is 234 g/mol. The number of hydrogen-bond donors (Lipinski definition) is 2. The van der Waals surface area contributed by atoms with Crippen molar-refractivity contribution < 1.29 is 9.21 Å². The molecule has 0 unspecified atom stereocenters. The predicted molar refractivity (Wildman–Crippen MR) is 65.0 cm³/mol. The molecule has 2 aromatic rings. The number of oxazole rings is 1. The number of unbranched alkanes of at least 4 members (excludes halogenated alkanes) is 1. The summed E-state index contributed by atoms with van der Waals surface area (Å²) in [7, 11) is 0. The summed E-state index contributed by atoms with van der Waals surface area (Å²) in [6.07, 6.45) is 2.36. The Morgan fingerprint density at radius 2 is 2.29 bits per heavy atom. The first-order valence-electron chi connectivity index (χ1n) is 5.62. The average Bonchev–Trinajstić information content (AvgIpc) is 2.65. The van der Waals surface area contributed by atoms with Crippen molar-refractivity contribution in [3.05, 3.63) is 28.7 Å². The number of carbonyl (C=O) groups excluding carboxylic acids is 1. The Morgan fingerprint density at radius 3 is 3.06 bits per heavy atom. The lowest BCUT2D eigenvalue weighted by Gasteiger charge is -2.03. The van der Waals surface area contributed by atoms with Crippen LogP contribution in [-0.2, 0) is 4.79 Å². The van der Waals surface area contributed by atoms with Gasteiger partial charge in [0, 0.05) is 18.2 Å². The standard InChI is InChI=1S/C12H14N2O3/c1-2-3-4-11(15)13-8-5-6-9-10(7-8)17-12(16)14-9/h5-7H,2-4H2,1H3,(H,13,15)(H,14,16). The molecule has 0 aliphatic rings. The quantitative estimate of drug-likeness (QED) is 0.851.